The van der Waals surface area contributed by atoms with E-state index >= 15 is 0 Å². The Balaban J connectivity index is 1.65. The lowest BCUT2D eigenvalue weighted by molar-refractivity contribution is -0.173. The van der Waals surface area contributed by atoms with Crippen LogP contribution in [0.15, 0.2) is 23.3 Å². The van der Waals surface area contributed by atoms with Crippen molar-refractivity contribution in [3.63, 3.8) is 0 Å². The van der Waals surface area contributed by atoms with Gasteiger partial charge in [-0.3, -0.25) is 14.4 Å². The van der Waals surface area contributed by atoms with E-state index < -0.39 is 10.8 Å². The third kappa shape index (κ3) is 3.72. The predicted octanol–water partition coefficient (Wildman–Crippen LogP) is 6.73. The highest BCUT2D eigenvalue weighted by atomic mass is 16.1. The number of rotatable bonds is 3. The number of nitriles is 1. The van der Waals surface area contributed by atoms with Crippen LogP contribution in [0.3, 0.4) is 0 Å². The molecular weight excluding hydrogens is 484 g/mol. The number of Topliss-reactive ketones (excluding diaryl/α,β-unsaturated/α-hetero) is 1. The summed E-state index contributed by atoms with van der Waals surface area (Å²) in [7, 11) is 1.71. The number of allylic oxidation sites excluding steroid dienone is 4. The first-order valence-electron chi connectivity index (χ1n) is 15.2. The van der Waals surface area contributed by atoms with Gasteiger partial charge in [0.2, 0.25) is 5.91 Å². The van der Waals surface area contributed by atoms with E-state index in [1.165, 1.54) is 0 Å². The summed E-state index contributed by atoms with van der Waals surface area (Å²) in [6, 6.07) is 2.20. The van der Waals surface area contributed by atoms with Gasteiger partial charge in [-0.05, 0) is 90.9 Å². The Morgan fingerprint density at radius 3 is 2.33 bits per heavy atom. The topological polar surface area (TPSA) is 87.0 Å². The molecule has 7 atom stereocenters. The SMILES string of the molecule is CNC(=O)CC[C@]12CCC(C)(C)CC1C1C(=O)C=C3[C@@]4(C)C=C(C#N)C(=O)C(C)(C)[C@@H]4CC[C@@]3(C)[C@]1(C)CC2. The normalized spacial score (nSPS) is 43.9. The molecule has 1 amide bonds. The van der Waals surface area contributed by atoms with Crippen molar-refractivity contribution < 1.29 is 14.4 Å². The molecule has 0 aromatic carbocycles. The molecule has 5 heteroatoms. The van der Waals surface area contributed by atoms with E-state index in [1.807, 2.05) is 26.0 Å². The van der Waals surface area contributed by atoms with E-state index in [4.69, 9.17) is 0 Å². The minimum absolute atomic E-state index is 0.0256. The van der Waals surface area contributed by atoms with Crippen LogP contribution in [0.25, 0.3) is 0 Å². The average molecular weight is 533 g/mol. The molecule has 2 unspecified atom stereocenters. The molecule has 0 aliphatic heterocycles. The van der Waals surface area contributed by atoms with Gasteiger partial charge < -0.3 is 5.32 Å². The van der Waals surface area contributed by atoms with Gasteiger partial charge >= 0.3 is 0 Å². The summed E-state index contributed by atoms with van der Waals surface area (Å²) in [4.78, 5) is 40.1. The molecule has 5 aliphatic carbocycles. The minimum atomic E-state index is -0.646. The van der Waals surface area contributed by atoms with Crippen LogP contribution in [0.4, 0.5) is 0 Å². The van der Waals surface area contributed by atoms with Crippen LogP contribution in [0.5, 0.6) is 0 Å². The Kier molecular flexibility index (Phi) is 6.27. The predicted molar refractivity (Wildman–Crippen MR) is 152 cm³/mol. The highest BCUT2D eigenvalue weighted by Gasteiger charge is 2.69. The van der Waals surface area contributed by atoms with E-state index in [0.717, 1.165) is 56.9 Å². The Hall–Kier alpha value is -2.22. The third-order valence-corrected chi connectivity index (χ3v) is 13.2. The van der Waals surface area contributed by atoms with Crippen LogP contribution in [0.2, 0.25) is 0 Å². The first kappa shape index (κ1) is 28.3. The number of hydrogen-bond donors (Lipinski definition) is 1. The van der Waals surface area contributed by atoms with E-state index in [2.05, 4.69) is 46.0 Å². The quantitative estimate of drug-likeness (QED) is 0.436. The summed E-state index contributed by atoms with van der Waals surface area (Å²) in [5.41, 5.74) is 0.0444. The molecule has 1 N–H and O–H groups in total. The average Bonchev–Trinajstić information content (AvgIpc) is 2.86. The van der Waals surface area contributed by atoms with Crippen LogP contribution in [0, 0.1) is 61.6 Å². The summed E-state index contributed by atoms with van der Waals surface area (Å²) in [5, 5.41) is 12.7. The number of ketones is 2. The molecule has 0 bridgehead atoms. The zero-order valence-corrected chi connectivity index (χ0v) is 25.4. The molecule has 5 rings (SSSR count). The minimum Gasteiger partial charge on any atom is -0.359 e. The van der Waals surface area contributed by atoms with Gasteiger partial charge in [0.25, 0.3) is 0 Å². The second-order valence-electron chi connectivity index (χ2n) is 15.8. The third-order valence-electron chi connectivity index (χ3n) is 13.2. The Morgan fingerprint density at radius 1 is 1.03 bits per heavy atom. The van der Waals surface area contributed by atoms with Gasteiger partial charge in [-0.2, -0.15) is 5.26 Å². The molecule has 3 saturated carbocycles. The molecular formula is C34H48N2O3. The van der Waals surface area contributed by atoms with Gasteiger partial charge in [-0.15, -0.1) is 0 Å². The number of hydrogen-bond acceptors (Lipinski definition) is 4. The van der Waals surface area contributed by atoms with Crippen molar-refractivity contribution in [2.45, 2.75) is 106 Å². The fourth-order valence-corrected chi connectivity index (χ4v) is 10.7. The first-order chi connectivity index (χ1) is 18.0. The summed E-state index contributed by atoms with van der Waals surface area (Å²) in [6.07, 6.45) is 12.4. The van der Waals surface area contributed by atoms with Crippen molar-refractivity contribution in [3.8, 4) is 6.07 Å². The van der Waals surface area contributed by atoms with Crippen molar-refractivity contribution in [2.75, 3.05) is 7.05 Å². The van der Waals surface area contributed by atoms with Gasteiger partial charge in [-0.1, -0.05) is 60.1 Å². The summed E-state index contributed by atoms with van der Waals surface area (Å²) in [6.45, 7) is 15.6. The number of carbonyl (C=O) groups is 3. The highest BCUT2D eigenvalue weighted by Crippen LogP contribution is 2.75. The van der Waals surface area contributed by atoms with Gasteiger partial charge in [0, 0.05) is 30.2 Å². The van der Waals surface area contributed by atoms with Crippen molar-refractivity contribution in [1.82, 2.24) is 5.32 Å². The molecule has 0 aromatic rings. The van der Waals surface area contributed by atoms with E-state index in [1.54, 1.807) is 7.05 Å². The maximum absolute atomic E-state index is 14.5. The van der Waals surface area contributed by atoms with Crippen LogP contribution >= 0.6 is 0 Å². The summed E-state index contributed by atoms with van der Waals surface area (Å²) >= 11 is 0. The van der Waals surface area contributed by atoms with Crippen molar-refractivity contribution in [3.05, 3.63) is 23.3 Å². The largest absolute Gasteiger partial charge is 0.359 e. The number of nitrogens with zero attached hydrogens (tertiary/aromatic N) is 1. The molecule has 0 heterocycles. The van der Waals surface area contributed by atoms with Gasteiger partial charge in [0.1, 0.15) is 6.07 Å². The van der Waals surface area contributed by atoms with Crippen molar-refractivity contribution in [2.24, 2.45) is 50.2 Å². The van der Waals surface area contributed by atoms with E-state index in [0.29, 0.717) is 6.42 Å². The van der Waals surface area contributed by atoms with Crippen LogP contribution in [0.1, 0.15) is 106 Å². The molecule has 0 saturated heterocycles. The second kappa shape index (κ2) is 8.64. The smallest absolute Gasteiger partial charge is 0.219 e. The Bertz CT molecular complexity index is 1230. The van der Waals surface area contributed by atoms with Gasteiger partial charge in [0.15, 0.2) is 11.6 Å². The van der Waals surface area contributed by atoms with Crippen molar-refractivity contribution >= 4 is 17.5 Å². The zero-order chi connectivity index (χ0) is 28.8. The number of nitrogens with one attached hydrogen (secondary N) is 1. The molecule has 0 radical (unpaired) electrons. The molecule has 5 aliphatic rings. The zero-order valence-electron chi connectivity index (χ0n) is 25.4. The number of carbonyl (C=O) groups excluding carboxylic acids is 3. The second-order valence-corrected chi connectivity index (χ2v) is 15.8. The van der Waals surface area contributed by atoms with Crippen molar-refractivity contribution in [1.29, 1.82) is 5.26 Å². The van der Waals surface area contributed by atoms with Crippen LogP contribution in [-0.4, -0.2) is 24.5 Å². The Labute approximate surface area is 235 Å². The Morgan fingerprint density at radius 2 is 1.69 bits per heavy atom. The lowest BCUT2D eigenvalue weighted by atomic mass is 9.34. The molecule has 0 spiro atoms. The maximum atomic E-state index is 14.5. The monoisotopic (exact) mass is 532 g/mol. The first-order valence-corrected chi connectivity index (χ1v) is 15.2. The summed E-state index contributed by atoms with van der Waals surface area (Å²) < 4.78 is 0. The molecule has 5 nitrogen and oxygen atoms in total. The molecule has 212 valence electrons. The number of fused-ring (bicyclic) bond motifs is 7. The summed E-state index contributed by atoms with van der Waals surface area (Å²) in [5.74, 6) is 0.511. The van der Waals surface area contributed by atoms with Gasteiger partial charge in [-0.25, -0.2) is 0 Å². The molecule has 0 aromatic heterocycles. The lowest BCUT2D eigenvalue weighted by Gasteiger charge is -2.69. The van der Waals surface area contributed by atoms with E-state index in [9.17, 15) is 19.6 Å². The van der Waals surface area contributed by atoms with Gasteiger partial charge in [0.05, 0.1) is 5.57 Å². The fourth-order valence-electron chi connectivity index (χ4n) is 10.7. The highest BCUT2D eigenvalue weighted by molar-refractivity contribution is 6.04. The van der Waals surface area contributed by atoms with Crippen LogP contribution in [-0.2, 0) is 14.4 Å². The van der Waals surface area contributed by atoms with E-state index in [-0.39, 0.29) is 62.5 Å². The maximum Gasteiger partial charge on any atom is 0.219 e. The molecule has 3 fully saturated rings. The van der Waals surface area contributed by atoms with Crippen LogP contribution < -0.4 is 5.32 Å². The molecule has 39 heavy (non-hydrogen) atoms. The fraction of sp³-hybridized carbons (Fsp3) is 0.765. The standard InChI is InChI=1S/C34H48N2O3/c1-29(2)13-15-34(12-10-26(38)36-8)16-14-33(7)27(22(34)19-29)23(37)17-25-31(5)18-21(20-35)28(39)30(3,4)24(31)9-11-32(25,33)6/h17-18,22,24,27H,9-16,19H2,1-8H3,(H,36,38)/t22?,24-,27?,31-,32+,33+,34+/m0/s1. The lowest BCUT2D eigenvalue weighted by Crippen LogP contribution is -2.64. The number of amides is 1.